The first-order valence-corrected chi connectivity index (χ1v) is 9.91. The number of rotatable bonds is 9. The normalized spacial score (nSPS) is 11.7. The smallest absolute Gasteiger partial charge is 0.233 e. The Bertz CT molecular complexity index is 908. The highest BCUT2D eigenvalue weighted by molar-refractivity contribution is 5.78. The number of para-hydroxylation sites is 1. The fourth-order valence-electron chi connectivity index (χ4n) is 3.34. The maximum absolute atomic E-state index is 12.4. The van der Waals surface area contributed by atoms with Crippen molar-refractivity contribution in [2.24, 2.45) is 0 Å². The molecule has 2 N–H and O–H groups in total. The van der Waals surface area contributed by atoms with Crippen molar-refractivity contribution in [1.29, 1.82) is 0 Å². The standard InChI is InChI=1S/C25H28N2O2/c1-19-12-14-22(15-13-19)25(21-9-4-3-5-10-21)27-18-24(28)26-17-16-20-8-6-7-11-23(20)29-2/h3-15,25,27H,16-18H2,1-2H3,(H,26,28)/t25-/m0/s1. The molecule has 0 fully saturated rings. The zero-order valence-corrected chi connectivity index (χ0v) is 17.0. The number of carbonyl (C=O) groups is 1. The molecule has 0 heterocycles. The third-order valence-corrected chi connectivity index (χ3v) is 4.92. The van der Waals surface area contributed by atoms with E-state index in [1.165, 1.54) is 5.56 Å². The van der Waals surface area contributed by atoms with Crippen molar-refractivity contribution in [3.05, 3.63) is 101 Å². The summed E-state index contributed by atoms with van der Waals surface area (Å²) in [6, 6.07) is 26.5. The van der Waals surface area contributed by atoms with Gasteiger partial charge in [0.2, 0.25) is 5.91 Å². The summed E-state index contributed by atoms with van der Waals surface area (Å²) in [6.07, 6.45) is 0.732. The molecule has 0 radical (unpaired) electrons. The Kier molecular flexibility index (Phi) is 7.42. The number of benzene rings is 3. The molecule has 0 saturated heterocycles. The van der Waals surface area contributed by atoms with Crippen molar-refractivity contribution >= 4 is 5.91 Å². The zero-order valence-electron chi connectivity index (χ0n) is 17.0. The van der Waals surface area contributed by atoms with Gasteiger partial charge in [-0.05, 0) is 36.1 Å². The molecule has 0 spiro atoms. The molecule has 0 aliphatic heterocycles. The highest BCUT2D eigenvalue weighted by atomic mass is 16.5. The third kappa shape index (κ3) is 5.93. The molecule has 4 nitrogen and oxygen atoms in total. The van der Waals surface area contributed by atoms with E-state index in [0.717, 1.165) is 28.9 Å². The third-order valence-electron chi connectivity index (χ3n) is 4.92. The van der Waals surface area contributed by atoms with Gasteiger partial charge in [0.05, 0.1) is 19.7 Å². The number of hydrogen-bond acceptors (Lipinski definition) is 3. The van der Waals surface area contributed by atoms with Crippen LogP contribution < -0.4 is 15.4 Å². The first-order chi connectivity index (χ1) is 14.2. The van der Waals surface area contributed by atoms with Gasteiger partial charge in [0, 0.05) is 6.54 Å². The Morgan fingerprint density at radius 2 is 1.55 bits per heavy atom. The summed E-state index contributed by atoms with van der Waals surface area (Å²) in [5.74, 6) is 0.830. The molecular formula is C25H28N2O2. The highest BCUT2D eigenvalue weighted by Gasteiger charge is 2.15. The molecular weight excluding hydrogens is 360 g/mol. The van der Waals surface area contributed by atoms with Crippen LogP contribution in [0, 0.1) is 6.92 Å². The van der Waals surface area contributed by atoms with Crippen LogP contribution in [0.25, 0.3) is 0 Å². The van der Waals surface area contributed by atoms with Gasteiger partial charge >= 0.3 is 0 Å². The van der Waals surface area contributed by atoms with Crippen molar-refractivity contribution in [3.8, 4) is 5.75 Å². The zero-order chi connectivity index (χ0) is 20.5. The van der Waals surface area contributed by atoms with E-state index in [0.29, 0.717) is 6.54 Å². The quantitative estimate of drug-likeness (QED) is 0.582. The van der Waals surface area contributed by atoms with Crippen molar-refractivity contribution in [1.82, 2.24) is 10.6 Å². The predicted molar refractivity (Wildman–Crippen MR) is 117 cm³/mol. The maximum Gasteiger partial charge on any atom is 0.233 e. The molecule has 0 unspecified atom stereocenters. The summed E-state index contributed by atoms with van der Waals surface area (Å²) in [5.41, 5.74) is 4.58. The number of carbonyl (C=O) groups excluding carboxylic acids is 1. The number of methoxy groups -OCH3 is 1. The number of amides is 1. The number of hydrogen-bond donors (Lipinski definition) is 2. The lowest BCUT2D eigenvalue weighted by molar-refractivity contribution is -0.120. The Labute approximate surface area is 172 Å². The van der Waals surface area contributed by atoms with Crippen LogP contribution in [-0.4, -0.2) is 26.1 Å². The number of aryl methyl sites for hydroxylation is 1. The lowest BCUT2D eigenvalue weighted by atomic mass is 9.98. The summed E-state index contributed by atoms with van der Waals surface area (Å²) < 4.78 is 5.36. The molecule has 0 bridgehead atoms. The highest BCUT2D eigenvalue weighted by Crippen LogP contribution is 2.22. The minimum absolute atomic E-state index is 0.0204. The van der Waals surface area contributed by atoms with E-state index >= 15 is 0 Å². The molecule has 0 aliphatic carbocycles. The van der Waals surface area contributed by atoms with E-state index in [1.54, 1.807) is 7.11 Å². The minimum Gasteiger partial charge on any atom is -0.496 e. The van der Waals surface area contributed by atoms with Gasteiger partial charge in [-0.1, -0.05) is 78.4 Å². The lowest BCUT2D eigenvalue weighted by Crippen LogP contribution is -2.37. The van der Waals surface area contributed by atoms with E-state index in [9.17, 15) is 4.79 Å². The van der Waals surface area contributed by atoms with Crippen molar-refractivity contribution in [2.75, 3.05) is 20.2 Å². The fourth-order valence-corrected chi connectivity index (χ4v) is 3.34. The van der Waals surface area contributed by atoms with Gasteiger partial charge in [-0.25, -0.2) is 0 Å². The molecule has 3 aromatic rings. The summed E-state index contributed by atoms with van der Waals surface area (Å²) in [6.45, 7) is 2.89. The van der Waals surface area contributed by atoms with Crippen LogP contribution in [0.4, 0.5) is 0 Å². The van der Waals surface area contributed by atoms with Gasteiger partial charge in [-0.2, -0.15) is 0 Å². The Morgan fingerprint density at radius 3 is 2.28 bits per heavy atom. The van der Waals surface area contributed by atoms with Gasteiger partial charge < -0.3 is 10.1 Å². The summed E-state index contributed by atoms with van der Waals surface area (Å²) in [4.78, 5) is 12.4. The van der Waals surface area contributed by atoms with E-state index < -0.39 is 0 Å². The maximum atomic E-state index is 12.4. The second-order valence-corrected chi connectivity index (χ2v) is 7.05. The second-order valence-electron chi connectivity index (χ2n) is 7.05. The lowest BCUT2D eigenvalue weighted by Gasteiger charge is -2.20. The van der Waals surface area contributed by atoms with Crippen LogP contribution in [0.3, 0.4) is 0 Å². The molecule has 4 heteroatoms. The van der Waals surface area contributed by atoms with Gasteiger partial charge in [-0.3, -0.25) is 10.1 Å². The topological polar surface area (TPSA) is 50.4 Å². The molecule has 29 heavy (non-hydrogen) atoms. The molecule has 3 aromatic carbocycles. The Hall–Kier alpha value is -3.11. The van der Waals surface area contributed by atoms with Crippen LogP contribution in [0.15, 0.2) is 78.9 Å². The van der Waals surface area contributed by atoms with Crippen molar-refractivity contribution in [2.45, 2.75) is 19.4 Å². The second kappa shape index (κ2) is 10.4. The monoisotopic (exact) mass is 388 g/mol. The van der Waals surface area contributed by atoms with Crippen LogP contribution in [0.2, 0.25) is 0 Å². The fraction of sp³-hybridized carbons (Fsp3) is 0.240. The average Bonchev–Trinajstić information content (AvgIpc) is 2.76. The molecule has 150 valence electrons. The van der Waals surface area contributed by atoms with Crippen LogP contribution in [0.5, 0.6) is 5.75 Å². The first-order valence-electron chi connectivity index (χ1n) is 9.91. The van der Waals surface area contributed by atoms with Gasteiger partial charge in [-0.15, -0.1) is 0 Å². The minimum atomic E-state index is -0.0308. The molecule has 0 saturated carbocycles. The number of nitrogens with one attached hydrogen (secondary N) is 2. The molecule has 0 aliphatic rings. The molecule has 3 rings (SSSR count). The Balaban J connectivity index is 1.57. The van der Waals surface area contributed by atoms with E-state index in [4.69, 9.17) is 4.74 Å². The summed E-state index contributed by atoms with van der Waals surface area (Å²) in [7, 11) is 1.66. The van der Waals surface area contributed by atoms with Gasteiger partial charge in [0.15, 0.2) is 0 Å². The molecule has 0 aromatic heterocycles. The molecule has 1 amide bonds. The van der Waals surface area contributed by atoms with E-state index in [-0.39, 0.29) is 18.5 Å². The average molecular weight is 389 g/mol. The van der Waals surface area contributed by atoms with E-state index in [2.05, 4.69) is 54.0 Å². The summed E-state index contributed by atoms with van der Waals surface area (Å²) in [5, 5.41) is 6.40. The van der Waals surface area contributed by atoms with E-state index in [1.807, 2.05) is 42.5 Å². The van der Waals surface area contributed by atoms with Gasteiger partial charge in [0.25, 0.3) is 0 Å². The first kappa shape index (κ1) is 20.6. The van der Waals surface area contributed by atoms with Crippen LogP contribution in [-0.2, 0) is 11.2 Å². The van der Waals surface area contributed by atoms with Crippen LogP contribution >= 0.6 is 0 Å². The number of ether oxygens (including phenoxy) is 1. The predicted octanol–water partition coefficient (Wildman–Crippen LogP) is 4.04. The van der Waals surface area contributed by atoms with Crippen molar-refractivity contribution in [3.63, 3.8) is 0 Å². The SMILES string of the molecule is COc1ccccc1CCNC(=O)CN[C@@H](c1ccccc1)c1ccc(C)cc1. The largest absolute Gasteiger partial charge is 0.496 e. The van der Waals surface area contributed by atoms with Gasteiger partial charge in [0.1, 0.15) is 5.75 Å². The van der Waals surface area contributed by atoms with Crippen molar-refractivity contribution < 1.29 is 9.53 Å². The Morgan fingerprint density at radius 1 is 0.897 bits per heavy atom. The summed E-state index contributed by atoms with van der Waals surface area (Å²) >= 11 is 0. The molecule has 1 atom stereocenters. The van der Waals surface area contributed by atoms with Crippen LogP contribution in [0.1, 0.15) is 28.3 Å².